The van der Waals surface area contributed by atoms with Crippen LogP contribution in [-0.2, 0) is 0 Å². The van der Waals surface area contributed by atoms with Crippen LogP contribution in [0.5, 0.6) is 0 Å². The molecule has 20 heavy (non-hydrogen) atoms. The number of fused-ring (bicyclic) bond motifs is 1. The summed E-state index contributed by atoms with van der Waals surface area (Å²) < 4.78 is 0. The van der Waals surface area contributed by atoms with Crippen LogP contribution in [0.1, 0.15) is 39.5 Å². The number of benzene rings is 1. The predicted octanol–water partition coefficient (Wildman–Crippen LogP) is 3.59. The van der Waals surface area contributed by atoms with Crippen molar-refractivity contribution in [1.29, 1.82) is 0 Å². The van der Waals surface area contributed by atoms with Crippen molar-refractivity contribution in [2.75, 3.05) is 11.1 Å². The molecule has 106 valence electrons. The van der Waals surface area contributed by atoms with Gasteiger partial charge in [0.1, 0.15) is 12.1 Å². The van der Waals surface area contributed by atoms with Crippen molar-refractivity contribution in [2.24, 2.45) is 5.41 Å². The van der Waals surface area contributed by atoms with Gasteiger partial charge in [0.25, 0.3) is 0 Å². The van der Waals surface area contributed by atoms with E-state index in [0.717, 1.165) is 22.4 Å². The van der Waals surface area contributed by atoms with Crippen LogP contribution in [0.4, 0.5) is 11.5 Å². The molecular weight excluding hydrogens is 248 g/mol. The summed E-state index contributed by atoms with van der Waals surface area (Å²) >= 11 is 0. The van der Waals surface area contributed by atoms with Gasteiger partial charge in [0.15, 0.2) is 0 Å². The summed E-state index contributed by atoms with van der Waals surface area (Å²) in [6.45, 7) is 4.68. The van der Waals surface area contributed by atoms with Crippen molar-refractivity contribution < 1.29 is 0 Å². The standard InChI is InChI=1S/C16H22N4/c1-16(2)8-4-3-5-14(16)20-15-12-7-6-11(17)9-13(12)18-10-19-15/h6-7,9-10,14H,3-5,8,17H2,1-2H3,(H,18,19,20). The van der Waals surface area contributed by atoms with Gasteiger partial charge in [-0.25, -0.2) is 9.97 Å². The average molecular weight is 270 g/mol. The highest BCUT2D eigenvalue weighted by Crippen LogP contribution is 2.37. The highest BCUT2D eigenvalue weighted by Gasteiger charge is 2.32. The van der Waals surface area contributed by atoms with Crippen LogP contribution in [0.15, 0.2) is 24.5 Å². The summed E-state index contributed by atoms with van der Waals surface area (Å²) in [5.41, 5.74) is 7.76. The van der Waals surface area contributed by atoms with Crippen LogP contribution in [0.25, 0.3) is 10.9 Å². The summed E-state index contributed by atoms with van der Waals surface area (Å²) in [5, 5.41) is 4.69. The number of nitrogens with zero attached hydrogens (tertiary/aromatic N) is 2. The highest BCUT2D eigenvalue weighted by molar-refractivity contribution is 5.90. The Bertz CT molecular complexity index is 621. The number of nitrogens with one attached hydrogen (secondary N) is 1. The Kier molecular flexibility index (Phi) is 3.24. The molecule has 3 rings (SSSR count). The normalized spacial score (nSPS) is 21.8. The van der Waals surface area contributed by atoms with Gasteiger partial charge in [-0.05, 0) is 36.5 Å². The first-order valence-electron chi connectivity index (χ1n) is 7.33. The number of aromatic nitrogens is 2. The van der Waals surface area contributed by atoms with E-state index in [9.17, 15) is 0 Å². The fourth-order valence-corrected chi connectivity index (χ4v) is 3.12. The summed E-state index contributed by atoms with van der Waals surface area (Å²) in [6, 6.07) is 6.27. The maximum absolute atomic E-state index is 5.82. The SMILES string of the molecule is CC1(C)CCCCC1Nc1ncnc2cc(N)ccc12. The van der Waals surface area contributed by atoms with Gasteiger partial charge >= 0.3 is 0 Å². The van der Waals surface area contributed by atoms with E-state index in [2.05, 4.69) is 29.1 Å². The lowest BCUT2D eigenvalue weighted by Gasteiger charge is -2.39. The van der Waals surface area contributed by atoms with Gasteiger partial charge in [-0.2, -0.15) is 0 Å². The van der Waals surface area contributed by atoms with Crippen molar-refractivity contribution in [3.8, 4) is 0 Å². The fraction of sp³-hybridized carbons (Fsp3) is 0.500. The predicted molar refractivity (Wildman–Crippen MR) is 83.6 cm³/mol. The van der Waals surface area contributed by atoms with Crippen LogP contribution >= 0.6 is 0 Å². The zero-order valence-electron chi connectivity index (χ0n) is 12.2. The molecule has 3 N–H and O–H groups in total. The lowest BCUT2D eigenvalue weighted by molar-refractivity contribution is 0.217. The second kappa shape index (κ2) is 4.93. The van der Waals surface area contributed by atoms with E-state index >= 15 is 0 Å². The van der Waals surface area contributed by atoms with Crippen molar-refractivity contribution in [3.05, 3.63) is 24.5 Å². The van der Waals surface area contributed by atoms with Crippen molar-refractivity contribution in [3.63, 3.8) is 0 Å². The van der Waals surface area contributed by atoms with Crippen molar-refractivity contribution >= 4 is 22.4 Å². The number of nitrogens with two attached hydrogens (primary N) is 1. The molecule has 0 bridgehead atoms. The molecule has 0 spiro atoms. The first kappa shape index (κ1) is 13.2. The van der Waals surface area contributed by atoms with E-state index in [4.69, 9.17) is 5.73 Å². The third-order valence-corrected chi connectivity index (χ3v) is 4.48. The third-order valence-electron chi connectivity index (χ3n) is 4.48. The topological polar surface area (TPSA) is 63.8 Å². The summed E-state index contributed by atoms with van der Waals surface area (Å²) in [6.07, 6.45) is 6.69. The Balaban J connectivity index is 1.94. The minimum atomic E-state index is 0.309. The number of rotatable bonds is 2. The molecule has 4 nitrogen and oxygen atoms in total. The van der Waals surface area contributed by atoms with Gasteiger partial charge < -0.3 is 11.1 Å². The highest BCUT2D eigenvalue weighted by atomic mass is 15.0. The first-order valence-corrected chi connectivity index (χ1v) is 7.33. The molecule has 1 aliphatic carbocycles. The average Bonchev–Trinajstić information content (AvgIpc) is 2.41. The molecule has 1 atom stereocenters. The molecule has 1 aromatic heterocycles. The third kappa shape index (κ3) is 2.42. The molecule has 1 aliphatic rings. The van der Waals surface area contributed by atoms with Gasteiger partial charge in [-0.3, -0.25) is 0 Å². The minimum Gasteiger partial charge on any atom is -0.399 e. The van der Waals surface area contributed by atoms with E-state index in [1.54, 1.807) is 6.33 Å². The lowest BCUT2D eigenvalue weighted by atomic mass is 9.73. The second-order valence-electron chi connectivity index (χ2n) is 6.43. The molecule has 1 saturated carbocycles. The van der Waals surface area contributed by atoms with Crippen LogP contribution in [0.3, 0.4) is 0 Å². The Morgan fingerprint density at radius 2 is 2.10 bits per heavy atom. The van der Waals surface area contributed by atoms with Gasteiger partial charge in [-0.1, -0.05) is 26.7 Å². The number of hydrogen-bond acceptors (Lipinski definition) is 4. The first-order chi connectivity index (χ1) is 9.56. The number of nitrogen functional groups attached to an aromatic ring is 1. The zero-order chi connectivity index (χ0) is 14.2. The van der Waals surface area contributed by atoms with Gasteiger partial charge in [-0.15, -0.1) is 0 Å². The zero-order valence-corrected chi connectivity index (χ0v) is 12.2. The Hall–Kier alpha value is -1.84. The Morgan fingerprint density at radius 1 is 1.25 bits per heavy atom. The molecule has 1 heterocycles. The molecule has 1 aromatic carbocycles. The molecule has 0 amide bonds. The Morgan fingerprint density at radius 3 is 2.90 bits per heavy atom. The van der Waals surface area contributed by atoms with Gasteiger partial charge in [0, 0.05) is 17.1 Å². The molecule has 0 aliphatic heterocycles. The van der Waals surface area contributed by atoms with E-state index in [1.807, 2.05) is 18.2 Å². The van der Waals surface area contributed by atoms with Crippen LogP contribution < -0.4 is 11.1 Å². The minimum absolute atomic E-state index is 0.309. The van der Waals surface area contributed by atoms with E-state index < -0.39 is 0 Å². The fourth-order valence-electron chi connectivity index (χ4n) is 3.12. The largest absolute Gasteiger partial charge is 0.399 e. The van der Waals surface area contributed by atoms with Gasteiger partial charge in [0.2, 0.25) is 0 Å². The maximum Gasteiger partial charge on any atom is 0.137 e. The van der Waals surface area contributed by atoms with E-state index in [0.29, 0.717) is 11.5 Å². The molecule has 0 saturated heterocycles. The molecule has 4 heteroatoms. The summed E-state index contributed by atoms with van der Waals surface area (Å²) in [4.78, 5) is 8.73. The summed E-state index contributed by atoms with van der Waals surface area (Å²) in [5.74, 6) is 0.926. The second-order valence-corrected chi connectivity index (χ2v) is 6.43. The molecule has 0 radical (unpaired) electrons. The molecule has 1 fully saturated rings. The van der Waals surface area contributed by atoms with Crippen LogP contribution in [0, 0.1) is 5.41 Å². The quantitative estimate of drug-likeness (QED) is 0.818. The van der Waals surface area contributed by atoms with Crippen LogP contribution in [-0.4, -0.2) is 16.0 Å². The van der Waals surface area contributed by atoms with Gasteiger partial charge in [0.05, 0.1) is 5.52 Å². The molecule has 1 unspecified atom stereocenters. The number of anilines is 2. The monoisotopic (exact) mass is 270 g/mol. The molecule has 2 aromatic rings. The Labute approximate surface area is 119 Å². The van der Waals surface area contributed by atoms with E-state index in [1.165, 1.54) is 25.7 Å². The van der Waals surface area contributed by atoms with Crippen molar-refractivity contribution in [1.82, 2.24) is 9.97 Å². The number of hydrogen-bond donors (Lipinski definition) is 2. The smallest absolute Gasteiger partial charge is 0.137 e. The van der Waals surface area contributed by atoms with E-state index in [-0.39, 0.29) is 0 Å². The summed E-state index contributed by atoms with van der Waals surface area (Å²) in [7, 11) is 0. The van der Waals surface area contributed by atoms with Crippen LogP contribution in [0.2, 0.25) is 0 Å². The molecular formula is C16H22N4. The maximum atomic E-state index is 5.82. The van der Waals surface area contributed by atoms with Crippen molar-refractivity contribution in [2.45, 2.75) is 45.6 Å². The lowest BCUT2D eigenvalue weighted by Crippen LogP contribution is -2.39.